The van der Waals surface area contributed by atoms with Gasteiger partial charge < -0.3 is 19.7 Å². The van der Waals surface area contributed by atoms with Gasteiger partial charge in [0.25, 0.3) is 0 Å². The maximum Gasteiger partial charge on any atom is 0.140 e. The molecule has 5 nitrogen and oxygen atoms in total. The second kappa shape index (κ2) is 9.57. The molecule has 2 aliphatic rings. The van der Waals surface area contributed by atoms with Gasteiger partial charge in [-0.2, -0.15) is 0 Å². The zero-order valence-electron chi connectivity index (χ0n) is 18.7. The number of likely N-dealkylation sites (tertiary alicyclic amines) is 1. The largest absolute Gasteiger partial charge is 0.508 e. The summed E-state index contributed by atoms with van der Waals surface area (Å²) in [6, 6.07) is 21.0. The van der Waals surface area contributed by atoms with Crippen LogP contribution in [0.2, 0.25) is 0 Å². The number of hydrogen-bond donors (Lipinski definition) is 2. The minimum atomic E-state index is -0.214. The van der Waals surface area contributed by atoms with Crippen molar-refractivity contribution in [1.82, 2.24) is 4.90 Å². The first-order valence-electron chi connectivity index (χ1n) is 11.5. The third-order valence-electron chi connectivity index (χ3n) is 6.40. The van der Waals surface area contributed by atoms with E-state index in [1.54, 1.807) is 36.0 Å². The number of ether oxygens (including phenoxy) is 2. The molecular weight excluding hydrogens is 434 g/mol. The van der Waals surface area contributed by atoms with E-state index in [0.717, 1.165) is 40.6 Å². The predicted octanol–water partition coefficient (Wildman–Crippen LogP) is 5.93. The SMILES string of the molecule is CC(COc1ccc(C2Oc3ccc(O)cc3SC2c2ccc(O)cc2)cc1)N1CCCC1. The molecule has 0 radical (unpaired) electrons. The van der Waals surface area contributed by atoms with Gasteiger partial charge in [0, 0.05) is 6.04 Å². The number of aromatic hydroxyl groups is 2. The fourth-order valence-corrected chi connectivity index (χ4v) is 5.82. The number of fused-ring (bicyclic) bond motifs is 1. The van der Waals surface area contributed by atoms with Crippen molar-refractivity contribution in [3.8, 4) is 23.0 Å². The molecule has 2 N–H and O–H groups in total. The van der Waals surface area contributed by atoms with Crippen LogP contribution in [0.3, 0.4) is 0 Å². The predicted molar refractivity (Wildman–Crippen MR) is 130 cm³/mol. The number of thioether (sulfide) groups is 1. The van der Waals surface area contributed by atoms with E-state index in [2.05, 4.69) is 24.0 Å². The average Bonchev–Trinajstić information content (AvgIpc) is 3.38. The fourth-order valence-electron chi connectivity index (χ4n) is 4.49. The van der Waals surface area contributed by atoms with Crippen molar-refractivity contribution >= 4 is 11.8 Å². The molecule has 5 rings (SSSR count). The summed E-state index contributed by atoms with van der Waals surface area (Å²) in [5.41, 5.74) is 2.11. The second-order valence-electron chi connectivity index (χ2n) is 8.77. The smallest absolute Gasteiger partial charge is 0.140 e. The quantitative estimate of drug-likeness (QED) is 0.473. The maximum absolute atomic E-state index is 9.93. The lowest BCUT2D eigenvalue weighted by atomic mass is 10.00. The highest BCUT2D eigenvalue weighted by molar-refractivity contribution is 7.99. The van der Waals surface area contributed by atoms with Crippen LogP contribution in [0.5, 0.6) is 23.0 Å². The molecule has 3 unspecified atom stereocenters. The minimum Gasteiger partial charge on any atom is -0.508 e. The molecule has 2 heterocycles. The first-order chi connectivity index (χ1) is 16.1. The van der Waals surface area contributed by atoms with E-state index in [9.17, 15) is 10.2 Å². The molecule has 172 valence electrons. The first kappa shape index (κ1) is 22.0. The summed E-state index contributed by atoms with van der Waals surface area (Å²) >= 11 is 1.66. The van der Waals surface area contributed by atoms with Crippen LogP contribution in [0.1, 0.15) is 42.2 Å². The second-order valence-corrected chi connectivity index (χ2v) is 9.96. The van der Waals surface area contributed by atoms with Gasteiger partial charge in [-0.15, -0.1) is 11.8 Å². The molecular formula is C27H29NO4S. The molecule has 1 saturated heterocycles. The summed E-state index contributed by atoms with van der Waals surface area (Å²) < 4.78 is 12.5. The van der Waals surface area contributed by atoms with E-state index < -0.39 is 0 Å². The van der Waals surface area contributed by atoms with Crippen molar-refractivity contribution in [3.05, 3.63) is 77.9 Å². The van der Waals surface area contributed by atoms with Crippen LogP contribution < -0.4 is 9.47 Å². The Balaban J connectivity index is 1.35. The van der Waals surface area contributed by atoms with E-state index in [0.29, 0.717) is 12.6 Å². The number of hydrogen-bond acceptors (Lipinski definition) is 6. The highest BCUT2D eigenvalue weighted by Gasteiger charge is 2.33. The summed E-state index contributed by atoms with van der Waals surface area (Å²) in [6.07, 6.45) is 2.35. The Labute approximate surface area is 199 Å². The van der Waals surface area contributed by atoms with Crippen LogP contribution in [0, 0.1) is 0 Å². The average molecular weight is 464 g/mol. The van der Waals surface area contributed by atoms with Crippen molar-refractivity contribution in [2.75, 3.05) is 19.7 Å². The van der Waals surface area contributed by atoms with Gasteiger partial charge in [0.05, 0.1) is 10.1 Å². The third-order valence-corrected chi connectivity index (χ3v) is 7.74. The molecule has 0 saturated carbocycles. The highest BCUT2D eigenvalue weighted by atomic mass is 32.2. The molecule has 0 spiro atoms. The Morgan fingerprint density at radius 2 is 1.61 bits per heavy atom. The Morgan fingerprint density at radius 1 is 0.939 bits per heavy atom. The molecule has 0 aromatic heterocycles. The minimum absolute atomic E-state index is 0.0261. The Hall–Kier alpha value is -2.83. The molecule has 0 bridgehead atoms. The van der Waals surface area contributed by atoms with Crippen molar-refractivity contribution in [2.45, 2.75) is 42.1 Å². The van der Waals surface area contributed by atoms with E-state index in [4.69, 9.17) is 9.47 Å². The summed E-state index contributed by atoms with van der Waals surface area (Å²) in [6.45, 7) is 5.24. The van der Waals surface area contributed by atoms with Crippen LogP contribution in [-0.4, -0.2) is 40.9 Å². The van der Waals surface area contributed by atoms with E-state index in [1.165, 1.54) is 12.8 Å². The van der Waals surface area contributed by atoms with Crippen molar-refractivity contribution in [1.29, 1.82) is 0 Å². The molecule has 6 heteroatoms. The summed E-state index contributed by atoms with van der Waals surface area (Å²) in [7, 11) is 0. The number of nitrogens with zero attached hydrogens (tertiary/aromatic N) is 1. The lowest BCUT2D eigenvalue weighted by Gasteiger charge is -2.34. The zero-order chi connectivity index (χ0) is 22.8. The van der Waals surface area contributed by atoms with Gasteiger partial charge in [-0.3, -0.25) is 4.90 Å². The molecule has 1 fully saturated rings. The maximum atomic E-state index is 9.93. The van der Waals surface area contributed by atoms with Gasteiger partial charge in [0.1, 0.15) is 35.7 Å². The molecule has 3 atom stereocenters. The highest BCUT2D eigenvalue weighted by Crippen LogP contribution is 2.54. The standard InChI is InChI=1S/C27H29NO4S/c1-18(28-14-2-3-15-28)17-31-23-11-6-19(7-12-23)26-27(20-4-8-21(29)9-5-20)33-25-16-22(30)10-13-24(25)32-26/h4-13,16,18,26-27,29-30H,2-3,14-15,17H2,1H3. The van der Waals surface area contributed by atoms with E-state index >= 15 is 0 Å². The summed E-state index contributed by atoms with van der Waals surface area (Å²) in [4.78, 5) is 3.39. The van der Waals surface area contributed by atoms with Crippen LogP contribution >= 0.6 is 11.8 Å². The fraction of sp³-hybridized carbons (Fsp3) is 0.333. The van der Waals surface area contributed by atoms with Gasteiger partial charge in [-0.25, -0.2) is 0 Å². The van der Waals surface area contributed by atoms with Crippen molar-refractivity contribution in [3.63, 3.8) is 0 Å². The van der Waals surface area contributed by atoms with Gasteiger partial charge in [0.15, 0.2) is 0 Å². The summed E-state index contributed by atoms with van der Waals surface area (Å²) in [5, 5.41) is 19.6. The monoisotopic (exact) mass is 463 g/mol. The molecule has 3 aromatic carbocycles. The van der Waals surface area contributed by atoms with Gasteiger partial charge >= 0.3 is 0 Å². The molecule has 3 aromatic rings. The normalized spacial score (nSPS) is 21.2. The Morgan fingerprint density at radius 3 is 2.33 bits per heavy atom. The lowest BCUT2D eigenvalue weighted by molar-refractivity contribution is 0.172. The van der Waals surface area contributed by atoms with Gasteiger partial charge in [0.2, 0.25) is 0 Å². The molecule has 33 heavy (non-hydrogen) atoms. The Bertz CT molecular complexity index is 1080. The topological polar surface area (TPSA) is 62.2 Å². The van der Waals surface area contributed by atoms with Crippen molar-refractivity contribution < 1.29 is 19.7 Å². The number of rotatable bonds is 6. The first-order valence-corrected chi connectivity index (χ1v) is 12.4. The molecule has 0 amide bonds. The van der Waals surface area contributed by atoms with Crippen LogP contribution in [0.15, 0.2) is 71.6 Å². The number of phenols is 2. The Kier molecular flexibility index (Phi) is 6.38. The van der Waals surface area contributed by atoms with Gasteiger partial charge in [-0.05, 0) is 86.4 Å². The summed E-state index contributed by atoms with van der Waals surface area (Å²) in [5.74, 6) is 2.08. The van der Waals surface area contributed by atoms with Gasteiger partial charge in [-0.1, -0.05) is 24.3 Å². The van der Waals surface area contributed by atoms with Crippen LogP contribution in [0.25, 0.3) is 0 Å². The van der Waals surface area contributed by atoms with E-state index in [-0.39, 0.29) is 22.9 Å². The zero-order valence-corrected chi connectivity index (χ0v) is 19.5. The number of phenolic OH excluding ortho intramolecular Hbond substituents is 2. The van der Waals surface area contributed by atoms with Crippen LogP contribution in [-0.2, 0) is 0 Å². The molecule has 2 aliphatic heterocycles. The van der Waals surface area contributed by atoms with Crippen molar-refractivity contribution in [2.24, 2.45) is 0 Å². The van der Waals surface area contributed by atoms with E-state index in [1.807, 2.05) is 30.3 Å². The van der Waals surface area contributed by atoms with Crippen LogP contribution in [0.4, 0.5) is 0 Å². The number of benzene rings is 3. The third kappa shape index (κ3) is 4.92. The molecule has 0 aliphatic carbocycles. The lowest BCUT2D eigenvalue weighted by Crippen LogP contribution is -2.34.